The van der Waals surface area contributed by atoms with Gasteiger partial charge in [0.1, 0.15) is 12.4 Å². The summed E-state index contributed by atoms with van der Waals surface area (Å²) in [6, 6.07) is 1.91. The van der Waals surface area contributed by atoms with Crippen LogP contribution in [0.1, 0.15) is 30.4 Å². The van der Waals surface area contributed by atoms with Gasteiger partial charge in [0, 0.05) is 39.5 Å². The van der Waals surface area contributed by atoms with Crippen LogP contribution in [0.5, 0.6) is 0 Å². The summed E-state index contributed by atoms with van der Waals surface area (Å²) in [6.07, 6.45) is 1.89. The van der Waals surface area contributed by atoms with Gasteiger partial charge in [-0.25, -0.2) is 9.97 Å². The third-order valence-corrected chi connectivity index (χ3v) is 3.46. The van der Waals surface area contributed by atoms with Crippen LogP contribution >= 0.6 is 0 Å². The molecule has 2 heterocycles. The van der Waals surface area contributed by atoms with Crippen molar-refractivity contribution in [1.29, 1.82) is 0 Å². The van der Waals surface area contributed by atoms with Gasteiger partial charge in [-0.2, -0.15) is 0 Å². The van der Waals surface area contributed by atoms with Crippen LogP contribution in [0.25, 0.3) is 0 Å². The Kier molecular flexibility index (Phi) is 4.54. The molecule has 0 spiro atoms. The van der Waals surface area contributed by atoms with Crippen molar-refractivity contribution in [3.63, 3.8) is 0 Å². The van der Waals surface area contributed by atoms with Gasteiger partial charge in [-0.05, 0) is 19.8 Å². The van der Waals surface area contributed by atoms with E-state index in [2.05, 4.69) is 9.97 Å². The lowest BCUT2D eigenvalue weighted by atomic mass is 10.2. The average Bonchev–Trinajstić information content (AvgIpc) is 2.87. The molecular formula is C14H22N4O2. The molecule has 0 bridgehead atoms. The molecule has 2 rings (SSSR count). The number of likely N-dealkylation sites (tertiary alicyclic amines) is 1. The molecule has 6 heteroatoms. The second-order valence-electron chi connectivity index (χ2n) is 5.30. The van der Waals surface area contributed by atoms with E-state index in [9.17, 15) is 4.79 Å². The van der Waals surface area contributed by atoms with Crippen LogP contribution in [0.2, 0.25) is 0 Å². The van der Waals surface area contributed by atoms with E-state index in [1.807, 2.05) is 36.9 Å². The van der Waals surface area contributed by atoms with Gasteiger partial charge in [-0.15, -0.1) is 0 Å². The summed E-state index contributed by atoms with van der Waals surface area (Å²) in [6.45, 7) is 2.82. The number of aryl methyl sites for hydroxylation is 1. The second kappa shape index (κ2) is 6.17. The van der Waals surface area contributed by atoms with Crippen molar-refractivity contribution in [1.82, 2.24) is 14.9 Å². The first kappa shape index (κ1) is 14.7. The van der Waals surface area contributed by atoms with Crippen molar-refractivity contribution < 1.29 is 9.53 Å². The van der Waals surface area contributed by atoms with Gasteiger partial charge in [0.05, 0.1) is 6.04 Å². The van der Waals surface area contributed by atoms with Crippen LogP contribution in [0, 0.1) is 6.92 Å². The topological polar surface area (TPSA) is 58.6 Å². The third kappa shape index (κ3) is 3.07. The number of hydrogen-bond acceptors (Lipinski definition) is 5. The molecule has 0 radical (unpaired) electrons. The van der Waals surface area contributed by atoms with E-state index in [0.717, 1.165) is 36.7 Å². The second-order valence-corrected chi connectivity index (χ2v) is 5.30. The van der Waals surface area contributed by atoms with Crippen molar-refractivity contribution in [2.75, 3.05) is 39.3 Å². The SMILES string of the molecule is COCC(=O)N1CCCC1c1nc(C)cc(N(C)C)n1. The number of methoxy groups -OCH3 is 1. The van der Waals surface area contributed by atoms with Gasteiger partial charge in [0.25, 0.3) is 0 Å². The highest BCUT2D eigenvalue weighted by molar-refractivity contribution is 5.78. The van der Waals surface area contributed by atoms with Crippen molar-refractivity contribution in [2.45, 2.75) is 25.8 Å². The maximum Gasteiger partial charge on any atom is 0.249 e. The summed E-state index contributed by atoms with van der Waals surface area (Å²) in [5, 5.41) is 0. The molecule has 1 aromatic heterocycles. The third-order valence-electron chi connectivity index (χ3n) is 3.46. The Morgan fingerprint density at radius 1 is 1.50 bits per heavy atom. The molecule has 1 fully saturated rings. The molecule has 1 aliphatic rings. The number of rotatable bonds is 4. The van der Waals surface area contributed by atoms with E-state index in [0.29, 0.717) is 0 Å². The van der Waals surface area contributed by atoms with Crippen molar-refractivity contribution >= 4 is 11.7 Å². The van der Waals surface area contributed by atoms with Crippen molar-refractivity contribution in [2.24, 2.45) is 0 Å². The zero-order chi connectivity index (χ0) is 14.7. The van der Waals surface area contributed by atoms with Gasteiger partial charge < -0.3 is 14.5 Å². The molecule has 0 aliphatic carbocycles. The fourth-order valence-electron chi connectivity index (χ4n) is 2.49. The van der Waals surface area contributed by atoms with Gasteiger partial charge in [0.2, 0.25) is 5.91 Å². The minimum Gasteiger partial charge on any atom is -0.375 e. The molecule has 1 aromatic rings. The largest absolute Gasteiger partial charge is 0.375 e. The number of carbonyl (C=O) groups is 1. The summed E-state index contributed by atoms with van der Waals surface area (Å²) in [5.41, 5.74) is 0.921. The van der Waals surface area contributed by atoms with Crippen LogP contribution in [0.4, 0.5) is 5.82 Å². The van der Waals surface area contributed by atoms with Gasteiger partial charge in [-0.3, -0.25) is 4.79 Å². The van der Waals surface area contributed by atoms with Crippen LogP contribution in [-0.2, 0) is 9.53 Å². The Morgan fingerprint density at radius 3 is 2.90 bits per heavy atom. The molecule has 1 aliphatic heterocycles. The number of nitrogens with zero attached hydrogens (tertiary/aromatic N) is 4. The van der Waals surface area contributed by atoms with E-state index in [1.54, 1.807) is 0 Å². The summed E-state index contributed by atoms with van der Waals surface area (Å²) in [5.74, 6) is 1.61. The molecule has 6 nitrogen and oxygen atoms in total. The maximum absolute atomic E-state index is 12.1. The van der Waals surface area contributed by atoms with Gasteiger partial charge in [0.15, 0.2) is 5.82 Å². The predicted octanol–water partition coefficient (Wildman–Crippen LogP) is 1.16. The molecule has 1 unspecified atom stereocenters. The zero-order valence-electron chi connectivity index (χ0n) is 12.6. The van der Waals surface area contributed by atoms with E-state index < -0.39 is 0 Å². The first-order valence-corrected chi connectivity index (χ1v) is 6.84. The fourth-order valence-corrected chi connectivity index (χ4v) is 2.49. The standard InChI is InChI=1S/C14H22N4O2/c1-10-8-12(17(2)3)16-14(15-10)11-6-5-7-18(11)13(19)9-20-4/h8,11H,5-7,9H2,1-4H3. The molecular weight excluding hydrogens is 256 g/mol. The molecule has 0 N–H and O–H groups in total. The quantitative estimate of drug-likeness (QED) is 0.827. The summed E-state index contributed by atoms with van der Waals surface area (Å²) in [4.78, 5) is 25.0. The number of ether oxygens (including phenoxy) is 1. The first-order chi connectivity index (χ1) is 9.52. The molecule has 0 aromatic carbocycles. The van der Waals surface area contributed by atoms with Gasteiger partial charge >= 0.3 is 0 Å². The van der Waals surface area contributed by atoms with Crippen LogP contribution < -0.4 is 4.90 Å². The van der Waals surface area contributed by atoms with E-state index in [1.165, 1.54) is 7.11 Å². The maximum atomic E-state index is 12.1. The highest BCUT2D eigenvalue weighted by Gasteiger charge is 2.32. The fraction of sp³-hybridized carbons (Fsp3) is 0.643. The molecule has 1 amide bonds. The highest BCUT2D eigenvalue weighted by atomic mass is 16.5. The Labute approximate surface area is 119 Å². The Hall–Kier alpha value is -1.69. The molecule has 0 saturated carbocycles. The lowest BCUT2D eigenvalue weighted by Gasteiger charge is -2.24. The van der Waals surface area contributed by atoms with E-state index >= 15 is 0 Å². The van der Waals surface area contributed by atoms with Crippen molar-refractivity contribution in [3.8, 4) is 0 Å². The Bertz CT molecular complexity index is 490. The van der Waals surface area contributed by atoms with Crippen LogP contribution in [-0.4, -0.2) is 55.1 Å². The molecule has 110 valence electrons. The Balaban J connectivity index is 2.27. The minimum absolute atomic E-state index is 0.00603. The molecule has 20 heavy (non-hydrogen) atoms. The lowest BCUT2D eigenvalue weighted by Crippen LogP contribution is -2.34. The first-order valence-electron chi connectivity index (χ1n) is 6.84. The Morgan fingerprint density at radius 2 is 2.25 bits per heavy atom. The number of anilines is 1. The zero-order valence-corrected chi connectivity index (χ0v) is 12.6. The van der Waals surface area contributed by atoms with E-state index in [4.69, 9.17) is 4.74 Å². The van der Waals surface area contributed by atoms with Crippen LogP contribution in [0.3, 0.4) is 0 Å². The predicted molar refractivity (Wildman–Crippen MR) is 76.7 cm³/mol. The summed E-state index contributed by atoms with van der Waals surface area (Å²) >= 11 is 0. The summed E-state index contributed by atoms with van der Waals surface area (Å²) in [7, 11) is 5.44. The number of hydrogen-bond donors (Lipinski definition) is 0. The number of carbonyl (C=O) groups excluding carboxylic acids is 1. The van der Waals surface area contributed by atoms with E-state index in [-0.39, 0.29) is 18.6 Å². The highest BCUT2D eigenvalue weighted by Crippen LogP contribution is 2.30. The lowest BCUT2D eigenvalue weighted by molar-refractivity contribution is -0.136. The minimum atomic E-state index is -0.0312. The van der Waals surface area contributed by atoms with Crippen LogP contribution in [0.15, 0.2) is 6.07 Å². The van der Waals surface area contributed by atoms with Crippen molar-refractivity contribution in [3.05, 3.63) is 17.6 Å². The normalized spacial score (nSPS) is 18.4. The number of amides is 1. The molecule has 1 atom stereocenters. The smallest absolute Gasteiger partial charge is 0.249 e. The average molecular weight is 278 g/mol. The summed E-state index contributed by atoms with van der Waals surface area (Å²) < 4.78 is 4.95. The monoisotopic (exact) mass is 278 g/mol. The molecule has 1 saturated heterocycles. The van der Waals surface area contributed by atoms with Gasteiger partial charge in [-0.1, -0.05) is 0 Å². The number of aromatic nitrogens is 2.